The first-order chi connectivity index (χ1) is 15.1. The van der Waals surface area contributed by atoms with Gasteiger partial charge in [-0.05, 0) is 31.2 Å². The van der Waals surface area contributed by atoms with Crippen LogP contribution in [0.5, 0.6) is 0 Å². The van der Waals surface area contributed by atoms with E-state index in [-0.39, 0.29) is 22.8 Å². The molecule has 2 aromatic carbocycles. The molecule has 3 rings (SSSR count). The number of nitrogens with one attached hydrogen (secondary N) is 1. The van der Waals surface area contributed by atoms with Crippen LogP contribution < -0.4 is 9.62 Å². The molecule has 8 nitrogen and oxygen atoms in total. The smallest absolute Gasteiger partial charge is 0.256 e. The van der Waals surface area contributed by atoms with Crippen LogP contribution in [0, 0.1) is 11.6 Å². The van der Waals surface area contributed by atoms with Gasteiger partial charge in [0.2, 0.25) is 15.9 Å². The Labute approximate surface area is 184 Å². The summed E-state index contributed by atoms with van der Waals surface area (Å²) in [7, 11) is -4.03. The van der Waals surface area contributed by atoms with Crippen molar-refractivity contribution >= 4 is 33.2 Å². The topological polar surface area (TPSA) is 96.0 Å². The van der Waals surface area contributed by atoms with E-state index in [1.54, 1.807) is 23.1 Å². The molecule has 0 aromatic heterocycles. The lowest BCUT2D eigenvalue weighted by Crippen LogP contribution is -2.46. The highest BCUT2D eigenvalue weighted by molar-refractivity contribution is 7.92. The number of benzene rings is 2. The number of hydrogen-bond donors (Lipinski definition) is 1. The lowest BCUT2D eigenvalue weighted by molar-refractivity contribution is -0.116. The number of ether oxygens (including phenoxy) is 1. The third-order valence-corrected chi connectivity index (χ3v) is 6.20. The van der Waals surface area contributed by atoms with Gasteiger partial charge in [0, 0.05) is 19.2 Å². The van der Waals surface area contributed by atoms with Crippen LogP contribution in [0.4, 0.5) is 20.2 Å². The van der Waals surface area contributed by atoms with Gasteiger partial charge < -0.3 is 15.0 Å². The monoisotopic (exact) mass is 467 g/mol. The zero-order chi connectivity index (χ0) is 23.5. The van der Waals surface area contributed by atoms with Gasteiger partial charge in [0.05, 0.1) is 36.4 Å². The van der Waals surface area contributed by atoms with Gasteiger partial charge in [-0.3, -0.25) is 13.9 Å². The average molecular weight is 467 g/mol. The molecular formula is C21H23F2N3O5S. The molecule has 0 bridgehead atoms. The number of hydrogen-bond acceptors (Lipinski definition) is 5. The van der Waals surface area contributed by atoms with E-state index in [4.69, 9.17) is 4.74 Å². The summed E-state index contributed by atoms with van der Waals surface area (Å²) in [6, 6.07) is 7.60. The van der Waals surface area contributed by atoms with Crippen molar-refractivity contribution in [1.82, 2.24) is 4.90 Å². The molecule has 0 saturated carbocycles. The molecule has 1 heterocycles. The summed E-state index contributed by atoms with van der Waals surface area (Å²) in [6.45, 7) is 2.96. The summed E-state index contributed by atoms with van der Waals surface area (Å²) >= 11 is 0. The molecule has 172 valence electrons. The highest BCUT2D eigenvalue weighted by atomic mass is 32.2. The maximum absolute atomic E-state index is 13.7. The second kappa shape index (κ2) is 9.61. The number of rotatable bonds is 6. The van der Waals surface area contributed by atoms with Crippen LogP contribution in [0.25, 0.3) is 0 Å². The van der Waals surface area contributed by atoms with Gasteiger partial charge in [0.25, 0.3) is 5.91 Å². The Hall–Kier alpha value is -3.05. The Morgan fingerprint density at radius 1 is 1.09 bits per heavy atom. The largest absolute Gasteiger partial charge is 0.378 e. The lowest BCUT2D eigenvalue weighted by atomic mass is 10.1. The standard InChI is InChI=1S/C21H23F2N3O5S/c1-14(26(32(2,29)30)15-7-8-17(22)18(23)13-15)20(27)24-19-6-4-3-5-16(19)21(28)25-9-11-31-12-10-25/h3-8,13-14H,9-12H2,1-2H3,(H,24,27)/t14-/m0/s1. The number of anilines is 2. The molecule has 0 aliphatic carbocycles. The molecule has 32 heavy (non-hydrogen) atoms. The van der Waals surface area contributed by atoms with Crippen LogP contribution in [0.3, 0.4) is 0 Å². The minimum absolute atomic E-state index is 0.202. The Morgan fingerprint density at radius 2 is 1.75 bits per heavy atom. The average Bonchev–Trinajstić information content (AvgIpc) is 2.76. The van der Waals surface area contributed by atoms with Crippen LogP contribution in [0.2, 0.25) is 0 Å². The highest BCUT2D eigenvalue weighted by Crippen LogP contribution is 2.25. The Kier molecular flexibility index (Phi) is 7.09. The van der Waals surface area contributed by atoms with Gasteiger partial charge in [-0.2, -0.15) is 0 Å². The van der Waals surface area contributed by atoms with E-state index in [1.807, 2.05) is 0 Å². The number of amides is 2. The molecule has 1 aliphatic rings. The summed E-state index contributed by atoms with van der Waals surface area (Å²) in [5.41, 5.74) is 0.250. The number of nitrogens with zero attached hydrogens (tertiary/aromatic N) is 2. The summed E-state index contributed by atoms with van der Waals surface area (Å²) < 4.78 is 57.7. The molecule has 0 unspecified atom stereocenters. The van der Waals surface area contributed by atoms with Gasteiger partial charge >= 0.3 is 0 Å². The first-order valence-electron chi connectivity index (χ1n) is 9.81. The number of carbonyl (C=O) groups excluding carboxylic acids is 2. The Balaban J connectivity index is 1.87. The van der Waals surface area contributed by atoms with E-state index >= 15 is 0 Å². The number of para-hydroxylation sites is 1. The lowest BCUT2D eigenvalue weighted by Gasteiger charge is -2.29. The first kappa shape index (κ1) is 23.6. The number of sulfonamides is 1. The Bertz CT molecular complexity index is 1120. The van der Waals surface area contributed by atoms with E-state index < -0.39 is 33.6 Å². The van der Waals surface area contributed by atoms with Crippen molar-refractivity contribution in [2.24, 2.45) is 0 Å². The highest BCUT2D eigenvalue weighted by Gasteiger charge is 2.31. The molecule has 1 atom stereocenters. The molecule has 1 N–H and O–H groups in total. The van der Waals surface area contributed by atoms with Gasteiger partial charge in [-0.1, -0.05) is 12.1 Å². The molecular weight excluding hydrogens is 444 g/mol. The molecule has 1 fully saturated rings. The molecule has 0 radical (unpaired) electrons. The minimum Gasteiger partial charge on any atom is -0.378 e. The van der Waals surface area contributed by atoms with E-state index in [0.717, 1.165) is 18.4 Å². The number of halogens is 2. The van der Waals surface area contributed by atoms with Crippen molar-refractivity contribution < 1.29 is 31.5 Å². The normalized spacial score (nSPS) is 15.2. The zero-order valence-corrected chi connectivity index (χ0v) is 18.4. The summed E-state index contributed by atoms with van der Waals surface area (Å²) in [5.74, 6) is -3.43. The van der Waals surface area contributed by atoms with Crippen molar-refractivity contribution in [2.45, 2.75) is 13.0 Å². The molecule has 1 saturated heterocycles. The van der Waals surface area contributed by atoms with Crippen LogP contribution in [0.15, 0.2) is 42.5 Å². The van der Waals surface area contributed by atoms with Crippen molar-refractivity contribution in [2.75, 3.05) is 42.2 Å². The van der Waals surface area contributed by atoms with Gasteiger partial charge in [-0.15, -0.1) is 0 Å². The van der Waals surface area contributed by atoms with Gasteiger partial charge in [0.15, 0.2) is 11.6 Å². The van der Waals surface area contributed by atoms with Crippen LogP contribution >= 0.6 is 0 Å². The number of morpholine rings is 1. The van der Waals surface area contributed by atoms with E-state index in [2.05, 4.69) is 5.32 Å². The summed E-state index contributed by atoms with van der Waals surface area (Å²) in [5, 5.41) is 2.59. The van der Waals surface area contributed by atoms with E-state index in [9.17, 15) is 26.8 Å². The number of carbonyl (C=O) groups is 2. The predicted molar refractivity (Wildman–Crippen MR) is 115 cm³/mol. The van der Waals surface area contributed by atoms with Gasteiger partial charge in [-0.25, -0.2) is 17.2 Å². The van der Waals surface area contributed by atoms with Crippen molar-refractivity contribution in [1.29, 1.82) is 0 Å². The minimum atomic E-state index is -4.03. The van der Waals surface area contributed by atoms with Crippen LogP contribution in [0.1, 0.15) is 17.3 Å². The van der Waals surface area contributed by atoms with E-state index in [1.165, 1.54) is 13.0 Å². The first-order valence-corrected chi connectivity index (χ1v) is 11.7. The maximum Gasteiger partial charge on any atom is 0.256 e. The zero-order valence-electron chi connectivity index (χ0n) is 17.5. The van der Waals surface area contributed by atoms with Crippen molar-refractivity contribution in [3.63, 3.8) is 0 Å². The summed E-state index contributed by atoms with van der Waals surface area (Å²) in [4.78, 5) is 27.4. The summed E-state index contributed by atoms with van der Waals surface area (Å²) in [6.07, 6.45) is 0.855. The maximum atomic E-state index is 13.7. The third-order valence-electron chi connectivity index (χ3n) is 4.96. The van der Waals surface area contributed by atoms with Crippen LogP contribution in [-0.2, 0) is 19.6 Å². The molecule has 1 aliphatic heterocycles. The van der Waals surface area contributed by atoms with Crippen LogP contribution in [-0.4, -0.2) is 63.7 Å². The van der Waals surface area contributed by atoms with Gasteiger partial charge in [0.1, 0.15) is 6.04 Å². The molecule has 2 amide bonds. The molecule has 0 spiro atoms. The SMILES string of the molecule is C[C@@H](C(=O)Nc1ccccc1C(=O)N1CCOCC1)N(c1ccc(F)c(F)c1)S(C)(=O)=O. The second-order valence-corrected chi connectivity index (χ2v) is 9.13. The third kappa shape index (κ3) is 5.22. The fourth-order valence-electron chi connectivity index (χ4n) is 3.38. The molecule has 2 aromatic rings. The fraction of sp³-hybridized carbons (Fsp3) is 0.333. The van der Waals surface area contributed by atoms with E-state index in [0.29, 0.717) is 36.7 Å². The molecule has 11 heteroatoms. The predicted octanol–water partition coefficient (Wildman–Crippen LogP) is 2.23. The van der Waals surface area contributed by atoms with Crippen molar-refractivity contribution in [3.8, 4) is 0 Å². The second-order valence-electron chi connectivity index (χ2n) is 7.27. The fourth-order valence-corrected chi connectivity index (χ4v) is 4.55. The van der Waals surface area contributed by atoms with Crippen molar-refractivity contribution in [3.05, 3.63) is 59.7 Å². The Morgan fingerprint density at radius 3 is 2.38 bits per heavy atom. The quantitative estimate of drug-likeness (QED) is 0.703.